The second kappa shape index (κ2) is 6.95. The van der Waals surface area contributed by atoms with Crippen molar-refractivity contribution in [1.29, 1.82) is 0 Å². The van der Waals surface area contributed by atoms with Crippen LogP contribution in [-0.4, -0.2) is 40.1 Å². The van der Waals surface area contributed by atoms with Crippen LogP contribution in [0.25, 0.3) is 0 Å². The van der Waals surface area contributed by atoms with Gasteiger partial charge in [-0.3, -0.25) is 0 Å². The molecule has 0 bridgehead atoms. The van der Waals surface area contributed by atoms with Crippen molar-refractivity contribution in [3.63, 3.8) is 0 Å². The molecule has 1 heterocycles. The number of urea groups is 1. The van der Waals surface area contributed by atoms with Gasteiger partial charge < -0.3 is 15.3 Å². The Bertz CT molecular complexity index is 359. The number of hydrogen-bond donors (Lipinski definition) is 2. The Kier molecular flexibility index (Phi) is 5.84. The number of hydrogen-bond acceptors (Lipinski definition) is 2. The summed E-state index contributed by atoms with van der Waals surface area (Å²) < 4.78 is 0. The van der Waals surface area contributed by atoms with Crippen molar-refractivity contribution in [1.82, 2.24) is 10.2 Å². The molecule has 1 aliphatic rings. The molecular weight excluding hydrogens is 256 g/mol. The number of carbonyl (C=O) groups is 2. The van der Waals surface area contributed by atoms with Gasteiger partial charge in [0.1, 0.15) is 5.54 Å². The summed E-state index contributed by atoms with van der Waals surface area (Å²) in [7, 11) is 0. The van der Waals surface area contributed by atoms with Gasteiger partial charge in [0.25, 0.3) is 0 Å². The Morgan fingerprint density at radius 3 is 2.50 bits per heavy atom. The maximum atomic E-state index is 12.4. The number of carbonyl (C=O) groups excluding carboxylic acids is 1. The largest absolute Gasteiger partial charge is 0.479 e. The van der Waals surface area contributed by atoms with Crippen LogP contribution in [0.4, 0.5) is 4.79 Å². The van der Waals surface area contributed by atoms with E-state index in [-0.39, 0.29) is 12.1 Å². The Labute approximate surface area is 121 Å². The van der Waals surface area contributed by atoms with Crippen molar-refractivity contribution in [3.8, 4) is 0 Å². The average molecular weight is 284 g/mol. The van der Waals surface area contributed by atoms with Gasteiger partial charge in [-0.1, -0.05) is 27.2 Å². The molecule has 1 fully saturated rings. The van der Waals surface area contributed by atoms with Gasteiger partial charge in [-0.25, -0.2) is 9.59 Å². The standard InChI is InChI=1S/C15H28N2O3/c1-5-11(3)10-12(4)16-14(20)17-9-7-8-15(17,6-2)13(18)19/h11-12H,5-10H2,1-4H3,(H,16,20)(H,18,19). The number of amides is 2. The normalized spacial score (nSPS) is 25.3. The lowest BCUT2D eigenvalue weighted by Gasteiger charge is -2.34. The Balaban J connectivity index is 2.69. The van der Waals surface area contributed by atoms with E-state index in [0.717, 1.165) is 19.3 Å². The highest BCUT2D eigenvalue weighted by atomic mass is 16.4. The second-order valence-corrected chi connectivity index (χ2v) is 6.05. The van der Waals surface area contributed by atoms with Gasteiger partial charge in [0.05, 0.1) is 0 Å². The summed E-state index contributed by atoms with van der Waals surface area (Å²) in [6.07, 6.45) is 3.76. The Morgan fingerprint density at radius 1 is 1.35 bits per heavy atom. The number of carboxylic acid groups (broad SMARTS) is 1. The quantitative estimate of drug-likeness (QED) is 0.788. The van der Waals surface area contributed by atoms with Gasteiger partial charge in [0.15, 0.2) is 0 Å². The number of aliphatic carboxylic acids is 1. The highest BCUT2D eigenvalue weighted by Crippen LogP contribution is 2.32. The van der Waals surface area contributed by atoms with Crippen LogP contribution in [0.2, 0.25) is 0 Å². The van der Waals surface area contributed by atoms with E-state index in [4.69, 9.17) is 0 Å². The van der Waals surface area contributed by atoms with Crippen LogP contribution in [0, 0.1) is 5.92 Å². The summed E-state index contributed by atoms with van der Waals surface area (Å²) in [5.74, 6) is -0.332. The molecule has 5 nitrogen and oxygen atoms in total. The Hall–Kier alpha value is -1.26. The van der Waals surface area contributed by atoms with E-state index < -0.39 is 11.5 Å². The predicted octanol–water partition coefficient (Wildman–Crippen LogP) is 2.85. The fraction of sp³-hybridized carbons (Fsp3) is 0.867. The van der Waals surface area contributed by atoms with Gasteiger partial charge >= 0.3 is 12.0 Å². The highest BCUT2D eigenvalue weighted by molar-refractivity contribution is 5.87. The van der Waals surface area contributed by atoms with E-state index in [1.807, 2.05) is 13.8 Å². The van der Waals surface area contributed by atoms with Crippen molar-refractivity contribution < 1.29 is 14.7 Å². The monoisotopic (exact) mass is 284 g/mol. The van der Waals surface area contributed by atoms with Crippen LogP contribution in [0.15, 0.2) is 0 Å². The molecule has 0 aromatic rings. The molecule has 0 saturated carbocycles. The van der Waals surface area contributed by atoms with Gasteiger partial charge in [-0.15, -0.1) is 0 Å². The van der Waals surface area contributed by atoms with Gasteiger partial charge in [-0.2, -0.15) is 0 Å². The minimum atomic E-state index is -1.01. The van der Waals surface area contributed by atoms with Crippen molar-refractivity contribution in [2.75, 3.05) is 6.54 Å². The van der Waals surface area contributed by atoms with Crippen LogP contribution in [0.1, 0.15) is 59.8 Å². The first-order valence-electron chi connectivity index (χ1n) is 7.68. The molecule has 1 saturated heterocycles. The van der Waals surface area contributed by atoms with E-state index in [9.17, 15) is 14.7 Å². The summed E-state index contributed by atoms with van der Waals surface area (Å²) in [5, 5.41) is 12.4. The van der Waals surface area contributed by atoms with E-state index in [2.05, 4.69) is 19.2 Å². The first-order valence-corrected chi connectivity index (χ1v) is 7.68. The van der Waals surface area contributed by atoms with Crippen LogP contribution < -0.4 is 5.32 Å². The molecule has 3 unspecified atom stereocenters. The summed E-state index contributed by atoms with van der Waals surface area (Å²) in [5.41, 5.74) is -1.01. The van der Waals surface area contributed by atoms with Gasteiger partial charge in [-0.05, 0) is 38.5 Å². The maximum Gasteiger partial charge on any atom is 0.329 e. The second-order valence-electron chi connectivity index (χ2n) is 6.05. The molecule has 5 heteroatoms. The number of nitrogens with one attached hydrogen (secondary N) is 1. The molecule has 0 aromatic heterocycles. The van der Waals surface area contributed by atoms with E-state index in [0.29, 0.717) is 25.3 Å². The van der Waals surface area contributed by atoms with E-state index in [1.165, 1.54) is 4.90 Å². The molecule has 0 aliphatic carbocycles. The molecule has 20 heavy (non-hydrogen) atoms. The third kappa shape index (κ3) is 3.44. The SMILES string of the molecule is CCC(C)CC(C)NC(=O)N1CCCC1(CC)C(=O)O. The molecule has 2 amide bonds. The topological polar surface area (TPSA) is 69.6 Å². The van der Waals surface area contributed by atoms with Gasteiger partial charge in [0.2, 0.25) is 0 Å². The molecule has 0 spiro atoms. The molecule has 1 rings (SSSR count). The molecule has 1 aliphatic heterocycles. The number of rotatable bonds is 6. The third-order valence-corrected chi connectivity index (χ3v) is 4.54. The zero-order valence-electron chi connectivity index (χ0n) is 13.1. The number of nitrogens with zero attached hydrogens (tertiary/aromatic N) is 1. The summed E-state index contributed by atoms with van der Waals surface area (Å²) in [4.78, 5) is 25.4. The molecule has 0 aromatic carbocycles. The van der Waals surface area contributed by atoms with Crippen LogP contribution >= 0.6 is 0 Å². The number of carboxylic acids is 1. The van der Waals surface area contributed by atoms with Crippen molar-refractivity contribution in [2.45, 2.75) is 71.4 Å². The van der Waals surface area contributed by atoms with Crippen molar-refractivity contribution in [2.24, 2.45) is 5.92 Å². The average Bonchev–Trinajstić information content (AvgIpc) is 2.83. The first-order chi connectivity index (χ1) is 9.37. The summed E-state index contributed by atoms with van der Waals surface area (Å²) >= 11 is 0. The van der Waals surface area contributed by atoms with Crippen LogP contribution in [0.3, 0.4) is 0 Å². The minimum absolute atomic E-state index is 0.0707. The van der Waals surface area contributed by atoms with Gasteiger partial charge in [0, 0.05) is 12.6 Å². The van der Waals surface area contributed by atoms with Crippen LogP contribution in [-0.2, 0) is 4.79 Å². The summed E-state index contributed by atoms with van der Waals surface area (Å²) in [6, 6.07) is -0.163. The highest BCUT2D eigenvalue weighted by Gasteiger charge is 2.48. The molecule has 0 radical (unpaired) electrons. The molecular formula is C15H28N2O3. The molecule has 3 atom stereocenters. The number of likely N-dealkylation sites (tertiary alicyclic amines) is 1. The fourth-order valence-electron chi connectivity index (χ4n) is 3.03. The zero-order valence-corrected chi connectivity index (χ0v) is 13.1. The maximum absolute atomic E-state index is 12.4. The van der Waals surface area contributed by atoms with E-state index in [1.54, 1.807) is 0 Å². The van der Waals surface area contributed by atoms with Crippen molar-refractivity contribution in [3.05, 3.63) is 0 Å². The lowest BCUT2D eigenvalue weighted by atomic mass is 9.93. The predicted molar refractivity (Wildman–Crippen MR) is 78.7 cm³/mol. The fourth-order valence-corrected chi connectivity index (χ4v) is 3.03. The lowest BCUT2D eigenvalue weighted by molar-refractivity contribution is -0.148. The van der Waals surface area contributed by atoms with E-state index >= 15 is 0 Å². The van der Waals surface area contributed by atoms with Crippen molar-refractivity contribution >= 4 is 12.0 Å². The minimum Gasteiger partial charge on any atom is -0.479 e. The molecule has 2 N–H and O–H groups in total. The zero-order chi connectivity index (χ0) is 15.3. The third-order valence-electron chi connectivity index (χ3n) is 4.54. The summed E-state index contributed by atoms with van der Waals surface area (Å²) in [6.45, 7) is 8.64. The molecule has 116 valence electrons. The Morgan fingerprint density at radius 2 is 2.00 bits per heavy atom. The lowest BCUT2D eigenvalue weighted by Crippen LogP contribution is -2.56. The van der Waals surface area contributed by atoms with Crippen LogP contribution in [0.5, 0.6) is 0 Å². The first kappa shape index (κ1) is 16.8. The smallest absolute Gasteiger partial charge is 0.329 e.